The summed E-state index contributed by atoms with van der Waals surface area (Å²) in [5, 5.41) is 22.0. The summed E-state index contributed by atoms with van der Waals surface area (Å²) < 4.78 is 1.37. The first-order valence-corrected chi connectivity index (χ1v) is 7.69. The molecule has 0 saturated carbocycles. The van der Waals surface area contributed by atoms with Gasteiger partial charge in [-0.3, -0.25) is 14.9 Å². The van der Waals surface area contributed by atoms with Crippen molar-refractivity contribution in [2.45, 2.75) is 25.9 Å². The predicted molar refractivity (Wildman–Crippen MR) is 93.2 cm³/mol. The van der Waals surface area contributed by atoms with Gasteiger partial charge in [-0.05, 0) is 19.9 Å². The highest BCUT2D eigenvalue weighted by molar-refractivity contribution is 5.92. The molecule has 0 spiro atoms. The average Bonchev–Trinajstić information content (AvgIpc) is 3.07. The maximum atomic E-state index is 12.6. The van der Waals surface area contributed by atoms with E-state index in [4.69, 9.17) is 0 Å². The third-order valence-corrected chi connectivity index (χ3v) is 4.31. The summed E-state index contributed by atoms with van der Waals surface area (Å²) in [6.07, 6.45) is 1.50. The Kier molecular flexibility index (Phi) is 5.70. The number of aromatic nitrogens is 3. The first-order chi connectivity index (χ1) is 11.5. The highest BCUT2D eigenvalue weighted by Gasteiger charge is 2.30. The monoisotopic (exact) mass is 366 g/mol. The van der Waals surface area contributed by atoms with Gasteiger partial charge in [0, 0.05) is 37.3 Å². The van der Waals surface area contributed by atoms with Crippen LogP contribution in [-0.4, -0.2) is 55.9 Å². The lowest BCUT2D eigenvalue weighted by Gasteiger charge is -2.38. The van der Waals surface area contributed by atoms with Crippen molar-refractivity contribution in [3.63, 3.8) is 0 Å². The summed E-state index contributed by atoms with van der Waals surface area (Å²) in [6.45, 7) is 5.36. The van der Waals surface area contributed by atoms with Gasteiger partial charge in [-0.2, -0.15) is 0 Å². The van der Waals surface area contributed by atoms with E-state index in [-0.39, 0.29) is 41.8 Å². The quantitative estimate of drug-likeness (QED) is 0.650. The zero-order valence-corrected chi connectivity index (χ0v) is 14.6. The summed E-state index contributed by atoms with van der Waals surface area (Å²) in [4.78, 5) is 24.8. The summed E-state index contributed by atoms with van der Waals surface area (Å²) in [6, 6.07) is 6.28. The SMILES string of the molecule is CC1NCCN(C(=O)c2cn(-c3cccc([N+](=O)[O-])c3)nn2)C1C.Cl. The van der Waals surface area contributed by atoms with Crippen molar-refractivity contribution in [3.8, 4) is 5.69 Å². The second-order valence-corrected chi connectivity index (χ2v) is 5.81. The number of nitro benzene ring substituents is 1. The fourth-order valence-corrected chi connectivity index (χ4v) is 2.73. The van der Waals surface area contributed by atoms with Gasteiger partial charge in [0.15, 0.2) is 5.69 Å². The molecule has 2 atom stereocenters. The van der Waals surface area contributed by atoms with Crippen LogP contribution in [0.4, 0.5) is 5.69 Å². The number of amides is 1. The van der Waals surface area contributed by atoms with E-state index in [1.807, 2.05) is 13.8 Å². The number of piperazine rings is 1. The first kappa shape index (κ1) is 18.8. The number of nitrogens with zero attached hydrogens (tertiary/aromatic N) is 5. The number of halogens is 1. The van der Waals surface area contributed by atoms with Crippen LogP contribution >= 0.6 is 12.4 Å². The van der Waals surface area contributed by atoms with Gasteiger partial charge in [-0.25, -0.2) is 4.68 Å². The van der Waals surface area contributed by atoms with Crippen molar-refractivity contribution in [2.24, 2.45) is 0 Å². The highest BCUT2D eigenvalue weighted by Crippen LogP contribution is 2.17. The fraction of sp³-hybridized carbons (Fsp3) is 0.400. The first-order valence-electron chi connectivity index (χ1n) is 7.69. The van der Waals surface area contributed by atoms with Gasteiger partial charge in [-0.15, -0.1) is 17.5 Å². The standard InChI is InChI=1S/C15H18N6O3.ClH/c1-10-11(2)19(7-6-16-10)15(22)14-9-20(18-17-14)12-4-3-5-13(8-12)21(23)24;/h3-5,8-11,16H,6-7H2,1-2H3;1H. The Bertz CT molecular complexity index is 780. The molecule has 134 valence electrons. The van der Waals surface area contributed by atoms with Crippen molar-refractivity contribution < 1.29 is 9.72 Å². The number of rotatable bonds is 3. The Morgan fingerprint density at radius 2 is 2.16 bits per heavy atom. The van der Waals surface area contributed by atoms with E-state index < -0.39 is 4.92 Å². The largest absolute Gasteiger partial charge is 0.332 e. The van der Waals surface area contributed by atoms with Crippen LogP contribution in [0.2, 0.25) is 0 Å². The van der Waals surface area contributed by atoms with Gasteiger partial charge < -0.3 is 10.2 Å². The zero-order chi connectivity index (χ0) is 17.3. The smallest absolute Gasteiger partial charge is 0.276 e. The Labute approximate surface area is 150 Å². The average molecular weight is 367 g/mol. The maximum Gasteiger partial charge on any atom is 0.276 e. The van der Waals surface area contributed by atoms with Crippen LogP contribution in [0.15, 0.2) is 30.5 Å². The van der Waals surface area contributed by atoms with Crippen LogP contribution in [-0.2, 0) is 0 Å². The Hall–Kier alpha value is -2.52. The van der Waals surface area contributed by atoms with Crippen LogP contribution in [0.3, 0.4) is 0 Å². The molecule has 10 heteroatoms. The van der Waals surface area contributed by atoms with E-state index in [1.54, 1.807) is 17.0 Å². The molecule has 25 heavy (non-hydrogen) atoms. The number of hydrogen-bond donors (Lipinski definition) is 1. The van der Waals surface area contributed by atoms with Crippen LogP contribution in [0.25, 0.3) is 5.69 Å². The van der Waals surface area contributed by atoms with E-state index >= 15 is 0 Å². The maximum absolute atomic E-state index is 12.6. The molecular formula is C15H19ClN6O3. The molecule has 2 aromatic rings. The fourth-order valence-electron chi connectivity index (χ4n) is 2.73. The van der Waals surface area contributed by atoms with E-state index in [2.05, 4.69) is 15.6 Å². The Morgan fingerprint density at radius 3 is 2.88 bits per heavy atom. The van der Waals surface area contributed by atoms with E-state index in [0.29, 0.717) is 12.2 Å². The van der Waals surface area contributed by atoms with Gasteiger partial charge >= 0.3 is 0 Å². The predicted octanol–water partition coefficient (Wildman–Crippen LogP) is 1.42. The minimum Gasteiger partial charge on any atom is -0.332 e. The molecule has 2 unspecified atom stereocenters. The van der Waals surface area contributed by atoms with Crippen molar-refractivity contribution in [3.05, 3.63) is 46.3 Å². The lowest BCUT2D eigenvalue weighted by atomic mass is 10.1. The van der Waals surface area contributed by atoms with Crippen molar-refractivity contribution >= 4 is 24.0 Å². The molecule has 1 fully saturated rings. The van der Waals surface area contributed by atoms with E-state index in [0.717, 1.165) is 6.54 Å². The van der Waals surface area contributed by atoms with Crippen LogP contribution in [0.1, 0.15) is 24.3 Å². The van der Waals surface area contributed by atoms with E-state index in [1.165, 1.54) is 23.0 Å². The van der Waals surface area contributed by atoms with Gasteiger partial charge in [0.1, 0.15) is 0 Å². The summed E-state index contributed by atoms with van der Waals surface area (Å²) >= 11 is 0. The minimum absolute atomic E-state index is 0. The van der Waals surface area contributed by atoms with Crippen molar-refractivity contribution in [1.29, 1.82) is 0 Å². The Morgan fingerprint density at radius 1 is 1.40 bits per heavy atom. The van der Waals surface area contributed by atoms with Gasteiger partial charge in [-0.1, -0.05) is 11.3 Å². The topological polar surface area (TPSA) is 106 Å². The molecule has 1 amide bonds. The van der Waals surface area contributed by atoms with E-state index in [9.17, 15) is 14.9 Å². The number of non-ortho nitro benzene ring substituents is 1. The number of benzene rings is 1. The van der Waals surface area contributed by atoms with Gasteiger partial charge in [0.2, 0.25) is 0 Å². The van der Waals surface area contributed by atoms with Crippen LogP contribution in [0, 0.1) is 10.1 Å². The lowest BCUT2D eigenvalue weighted by molar-refractivity contribution is -0.384. The molecule has 1 aromatic carbocycles. The summed E-state index contributed by atoms with van der Waals surface area (Å²) in [5.74, 6) is -0.187. The van der Waals surface area contributed by atoms with Crippen molar-refractivity contribution in [2.75, 3.05) is 13.1 Å². The molecule has 0 radical (unpaired) electrons. The number of hydrogen-bond acceptors (Lipinski definition) is 6. The molecule has 0 aliphatic carbocycles. The molecule has 1 aliphatic heterocycles. The minimum atomic E-state index is -0.476. The third-order valence-electron chi connectivity index (χ3n) is 4.31. The molecule has 1 aliphatic rings. The number of nitro groups is 1. The second-order valence-electron chi connectivity index (χ2n) is 5.81. The summed E-state index contributed by atoms with van der Waals surface area (Å²) in [5.41, 5.74) is 0.667. The van der Waals surface area contributed by atoms with Crippen molar-refractivity contribution in [1.82, 2.24) is 25.2 Å². The van der Waals surface area contributed by atoms with Crippen LogP contribution in [0.5, 0.6) is 0 Å². The summed E-state index contributed by atoms with van der Waals surface area (Å²) in [7, 11) is 0. The second kappa shape index (κ2) is 7.58. The zero-order valence-electron chi connectivity index (χ0n) is 13.8. The molecule has 1 N–H and O–H groups in total. The molecular weight excluding hydrogens is 348 g/mol. The molecule has 0 bridgehead atoms. The molecule has 1 saturated heterocycles. The highest BCUT2D eigenvalue weighted by atomic mass is 35.5. The van der Waals surface area contributed by atoms with Gasteiger partial charge in [0.05, 0.1) is 16.8 Å². The number of carbonyl (C=O) groups is 1. The third kappa shape index (κ3) is 3.77. The molecule has 3 rings (SSSR count). The van der Waals surface area contributed by atoms with Gasteiger partial charge in [0.25, 0.3) is 11.6 Å². The molecule has 2 heterocycles. The Balaban J connectivity index is 0.00000225. The normalized spacial score (nSPS) is 20.0. The van der Waals surface area contributed by atoms with Crippen LogP contribution < -0.4 is 5.32 Å². The molecule has 1 aromatic heterocycles. The molecule has 9 nitrogen and oxygen atoms in total. The number of nitrogens with one attached hydrogen (secondary N) is 1. The number of carbonyl (C=O) groups excluding carboxylic acids is 1. The lowest BCUT2D eigenvalue weighted by Crippen LogP contribution is -2.57.